The molecule has 0 radical (unpaired) electrons. The Morgan fingerprint density at radius 1 is 1.41 bits per heavy atom. The summed E-state index contributed by atoms with van der Waals surface area (Å²) in [6, 6.07) is 6.63. The van der Waals surface area contributed by atoms with E-state index in [1.165, 1.54) is 34.0 Å². The molecule has 0 unspecified atom stereocenters. The van der Waals surface area contributed by atoms with E-state index in [-0.39, 0.29) is 5.17 Å². The number of rotatable bonds is 3. The van der Waals surface area contributed by atoms with Crippen LogP contribution in [0.25, 0.3) is 6.08 Å². The fourth-order valence-electron chi connectivity index (χ4n) is 1.96. The van der Waals surface area contributed by atoms with Crippen LogP contribution >= 0.6 is 27.7 Å². The van der Waals surface area contributed by atoms with Crippen LogP contribution in [0, 0.1) is 5.41 Å². The Bertz CT molecular complexity index is 468. The monoisotopic (exact) mass is 310 g/mol. The third-order valence-electron chi connectivity index (χ3n) is 2.85. The van der Waals surface area contributed by atoms with E-state index in [0.29, 0.717) is 0 Å². The van der Waals surface area contributed by atoms with E-state index in [4.69, 9.17) is 11.1 Å². The molecule has 1 aliphatic rings. The highest BCUT2D eigenvalue weighted by Crippen LogP contribution is 2.27. The Morgan fingerprint density at radius 2 is 2.24 bits per heavy atom. The van der Waals surface area contributed by atoms with Crippen molar-refractivity contribution in [2.75, 3.05) is 5.75 Å². The lowest BCUT2D eigenvalue weighted by Crippen LogP contribution is -2.07. The van der Waals surface area contributed by atoms with Gasteiger partial charge in [-0.05, 0) is 29.5 Å². The van der Waals surface area contributed by atoms with Gasteiger partial charge in [0.05, 0.1) is 0 Å². The van der Waals surface area contributed by atoms with Crippen molar-refractivity contribution in [2.24, 2.45) is 5.73 Å². The summed E-state index contributed by atoms with van der Waals surface area (Å²) in [7, 11) is 0. The molecule has 3 N–H and O–H groups in total. The maximum Gasteiger partial charge on any atom is 0.151 e. The van der Waals surface area contributed by atoms with Crippen LogP contribution in [0.1, 0.15) is 23.1 Å². The zero-order valence-electron chi connectivity index (χ0n) is 9.50. The molecule has 1 aromatic rings. The maximum absolute atomic E-state index is 7.23. The Hall–Kier alpha value is -0.740. The zero-order valence-corrected chi connectivity index (χ0v) is 11.9. The van der Waals surface area contributed by atoms with Crippen molar-refractivity contribution in [3.05, 3.63) is 40.5 Å². The minimum Gasteiger partial charge on any atom is -0.379 e. The Labute approximate surface area is 114 Å². The van der Waals surface area contributed by atoms with Crippen molar-refractivity contribution in [2.45, 2.75) is 18.2 Å². The zero-order chi connectivity index (χ0) is 12.3. The van der Waals surface area contributed by atoms with Crippen molar-refractivity contribution >= 4 is 38.9 Å². The number of hydrogen-bond acceptors (Lipinski definition) is 2. The molecule has 0 saturated heterocycles. The number of alkyl halides is 1. The summed E-state index contributed by atoms with van der Waals surface area (Å²) < 4.78 is 0. The van der Waals surface area contributed by atoms with Crippen molar-refractivity contribution in [1.29, 1.82) is 5.41 Å². The second-order valence-electron chi connectivity index (χ2n) is 4.12. The first-order valence-electron chi connectivity index (χ1n) is 5.53. The molecular weight excluding hydrogens is 296 g/mol. The maximum atomic E-state index is 7.23. The topological polar surface area (TPSA) is 49.9 Å². The van der Waals surface area contributed by atoms with Crippen LogP contribution in [0.15, 0.2) is 23.8 Å². The molecule has 0 bridgehead atoms. The Kier molecular flexibility index (Phi) is 4.29. The van der Waals surface area contributed by atoms with Gasteiger partial charge in [0.2, 0.25) is 0 Å². The molecule has 1 aliphatic carbocycles. The predicted molar refractivity (Wildman–Crippen MR) is 79.7 cm³/mol. The van der Waals surface area contributed by atoms with Gasteiger partial charge in [-0.25, -0.2) is 0 Å². The summed E-state index contributed by atoms with van der Waals surface area (Å²) >= 11 is 4.89. The van der Waals surface area contributed by atoms with Gasteiger partial charge in [0.15, 0.2) is 5.17 Å². The molecule has 2 nitrogen and oxygen atoms in total. The number of halogens is 1. The molecular formula is C13H15BrN2S. The van der Waals surface area contributed by atoms with Gasteiger partial charge in [-0.3, -0.25) is 5.41 Å². The normalized spacial score (nSPS) is 14.1. The van der Waals surface area contributed by atoms with E-state index >= 15 is 0 Å². The average molecular weight is 311 g/mol. The first-order chi connectivity index (χ1) is 8.19. The van der Waals surface area contributed by atoms with Crippen molar-refractivity contribution in [1.82, 2.24) is 0 Å². The van der Waals surface area contributed by atoms with E-state index in [9.17, 15) is 0 Å². The molecule has 0 aromatic heterocycles. The largest absolute Gasteiger partial charge is 0.379 e. The molecule has 0 saturated carbocycles. The molecule has 90 valence electrons. The lowest BCUT2D eigenvalue weighted by atomic mass is 9.92. The minimum atomic E-state index is 0.200. The van der Waals surface area contributed by atoms with Crippen LogP contribution in [-0.4, -0.2) is 10.9 Å². The lowest BCUT2D eigenvalue weighted by molar-refractivity contribution is 0.930. The van der Waals surface area contributed by atoms with E-state index in [1.807, 2.05) is 0 Å². The van der Waals surface area contributed by atoms with E-state index in [0.717, 1.165) is 23.9 Å². The standard InChI is InChI=1S/C13H15BrN2S/c14-7-9-1-3-11-4-2-10(6-12(11)5-9)8-17-13(15)16/h1,3,5-6H,2,4,7-8H2,(H3,15,16). The summed E-state index contributed by atoms with van der Waals surface area (Å²) in [4.78, 5) is 0. The van der Waals surface area contributed by atoms with Crippen LogP contribution in [0.2, 0.25) is 0 Å². The fraction of sp³-hybridized carbons (Fsp3) is 0.308. The lowest BCUT2D eigenvalue weighted by Gasteiger charge is -2.16. The van der Waals surface area contributed by atoms with Crippen molar-refractivity contribution in [3.8, 4) is 0 Å². The minimum absolute atomic E-state index is 0.200. The molecule has 0 atom stereocenters. The summed E-state index contributed by atoms with van der Waals surface area (Å²) in [5.74, 6) is 0.841. The average Bonchev–Trinajstić information content (AvgIpc) is 2.35. The highest BCUT2D eigenvalue weighted by molar-refractivity contribution is 9.08. The first-order valence-corrected chi connectivity index (χ1v) is 7.64. The number of fused-ring (bicyclic) bond motifs is 1. The van der Waals surface area contributed by atoms with Crippen LogP contribution in [0.5, 0.6) is 0 Å². The van der Waals surface area contributed by atoms with Crippen molar-refractivity contribution in [3.63, 3.8) is 0 Å². The van der Waals surface area contributed by atoms with Gasteiger partial charge >= 0.3 is 0 Å². The smallest absolute Gasteiger partial charge is 0.151 e. The van der Waals surface area contributed by atoms with Gasteiger partial charge in [0.25, 0.3) is 0 Å². The quantitative estimate of drug-likeness (QED) is 0.509. The number of thioether (sulfide) groups is 1. The third-order valence-corrected chi connectivity index (χ3v) is 4.33. The number of aryl methyl sites for hydroxylation is 1. The summed E-state index contributed by atoms with van der Waals surface area (Å²) in [6.45, 7) is 0. The van der Waals surface area contributed by atoms with E-state index in [1.54, 1.807) is 0 Å². The Morgan fingerprint density at radius 3 is 2.94 bits per heavy atom. The van der Waals surface area contributed by atoms with Crippen LogP contribution in [-0.2, 0) is 11.8 Å². The molecule has 0 fully saturated rings. The Balaban J connectivity index is 2.17. The van der Waals surface area contributed by atoms with Crippen LogP contribution in [0.4, 0.5) is 0 Å². The van der Waals surface area contributed by atoms with Crippen molar-refractivity contribution < 1.29 is 0 Å². The third kappa shape index (κ3) is 3.36. The molecule has 1 aromatic carbocycles. The number of hydrogen-bond donors (Lipinski definition) is 2. The van der Waals surface area contributed by atoms with Gasteiger partial charge in [0, 0.05) is 11.1 Å². The number of nitrogens with one attached hydrogen (secondary N) is 1. The number of benzene rings is 1. The fourth-order valence-corrected chi connectivity index (χ4v) is 2.88. The number of amidine groups is 1. The van der Waals surface area contributed by atoms with Gasteiger partial charge in [-0.15, -0.1) is 0 Å². The molecule has 0 heterocycles. The summed E-state index contributed by atoms with van der Waals surface area (Å²) in [6.07, 6.45) is 4.43. The van der Waals surface area contributed by atoms with Gasteiger partial charge in [-0.2, -0.15) is 0 Å². The second-order valence-corrected chi connectivity index (χ2v) is 5.70. The van der Waals surface area contributed by atoms with Gasteiger partial charge in [-0.1, -0.05) is 57.5 Å². The van der Waals surface area contributed by atoms with E-state index in [2.05, 4.69) is 40.2 Å². The van der Waals surface area contributed by atoms with Crippen LogP contribution < -0.4 is 5.73 Å². The molecule has 0 amide bonds. The predicted octanol–water partition coefficient (Wildman–Crippen LogP) is 3.54. The van der Waals surface area contributed by atoms with Gasteiger partial charge < -0.3 is 5.73 Å². The SMILES string of the molecule is N=C(N)SCC1=Cc2cc(CBr)ccc2CC1. The summed E-state index contributed by atoms with van der Waals surface area (Å²) in [5, 5.41) is 8.32. The highest BCUT2D eigenvalue weighted by Gasteiger charge is 2.11. The molecule has 0 aliphatic heterocycles. The summed E-state index contributed by atoms with van der Waals surface area (Å²) in [5.41, 5.74) is 10.8. The van der Waals surface area contributed by atoms with Gasteiger partial charge in [0.1, 0.15) is 0 Å². The molecule has 4 heteroatoms. The molecule has 17 heavy (non-hydrogen) atoms. The second kappa shape index (κ2) is 5.74. The van der Waals surface area contributed by atoms with Crippen LogP contribution in [0.3, 0.4) is 0 Å². The number of nitrogens with two attached hydrogens (primary N) is 1. The molecule has 0 spiro atoms. The first kappa shape index (κ1) is 12.7. The molecule has 2 rings (SSSR count). The van der Waals surface area contributed by atoms with E-state index < -0.39 is 0 Å². The highest BCUT2D eigenvalue weighted by atomic mass is 79.9.